The van der Waals surface area contributed by atoms with Crippen LogP contribution in [0.1, 0.15) is 5.56 Å². The van der Waals surface area contributed by atoms with Crippen molar-refractivity contribution in [3.63, 3.8) is 0 Å². The third kappa shape index (κ3) is 1.74. The summed E-state index contributed by atoms with van der Waals surface area (Å²) in [5.41, 5.74) is -0.141. The lowest BCUT2D eigenvalue weighted by atomic mass is 9.99. The summed E-state index contributed by atoms with van der Waals surface area (Å²) in [7, 11) is 0. The monoisotopic (exact) mass is 250 g/mol. The van der Waals surface area contributed by atoms with Crippen LogP contribution in [0.4, 0.5) is 13.2 Å². The van der Waals surface area contributed by atoms with Gasteiger partial charge in [-0.25, -0.2) is 0 Å². The van der Waals surface area contributed by atoms with Gasteiger partial charge in [-0.2, -0.15) is 13.2 Å². The van der Waals surface area contributed by atoms with Crippen LogP contribution >= 0.6 is 0 Å². The van der Waals surface area contributed by atoms with E-state index in [0.717, 1.165) is 10.8 Å². The van der Waals surface area contributed by atoms with Crippen molar-refractivity contribution >= 4 is 16.8 Å². The van der Waals surface area contributed by atoms with Gasteiger partial charge in [0, 0.05) is 5.56 Å². The Morgan fingerprint density at radius 3 is 2.56 bits per heavy atom. The summed E-state index contributed by atoms with van der Waals surface area (Å²) in [6.07, 6.45) is -3.16. The highest BCUT2D eigenvalue weighted by atomic mass is 19.4. The molecule has 1 heterocycles. The van der Waals surface area contributed by atoms with Crippen molar-refractivity contribution in [2.45, 2.75) is 6.18 Å². The molecule has 0 saturated carbocycles. The van der Waals surface area contributed by atoms with Crippen LogP contribution in [-0.2, 0) is 0 Å². The molecule has 0 atom stereocenters. The number of alkyl halides is 3. The topological polar surface area (TPSA) is 9.23 Å². The third-order valence-electron chi connectivity index (χ3n) is 3.00. The lowest BCUT2D eigenvalue weighted by Gasteiger charge is -2.20. The Morgan fingerprint density at radius 1 is 1.00 bits per heavy atom. The van der Waals surface area contributed by atoms with Crippen LogP contribution in [0.2, 0.25) is 0 Å². The lowest BCUT2D eigenvalue weighted by Crippen LogP contribution is -2.20. The number of halogens is 3. The van der Waals surface area contributed by atoms with Crippen LogP contribution in [0.25, 0.3) is 16.8 Å². The first-order valence-electron chi connectivity index (χ1n) is 5.48. The van der Waals surface area contributed by atoms with E-state index in [-0.39, 0.29) is 0 Å². The van der Waals surface area contributed by atoms with Crippen molar-refractivity contribution in [2.75, 3.05) is 6.61 Å². The van der Waals surface area contributed by atoms with Gasteiger partial charge in [0.25, 0.3) is 0 Å². The third-order valence-corrected chi connectivity index (χ3v) is 3.00. The Balaban J connectivity index is 2.25. The predicted molar refractivity (Wildman–Crippen MR) is 63.5 cm³/mol. The molecule has 0 N–H and O–H groups in total. The molecule has 0 bridgehead atoms. The number of ether oxygens (including phenoxy) is 1. The maximum atomic E-state index is 12.7. The summed E-state index contributed by atoms with van der Waals surface area (Å²) in [4.78, 5) is 0. The number of hydrogen-bond acceptors (Lipinski definition) is 1. The highest BCUT2D eigenvalue weighted by Gasteiger charge is 2.36. The smallest absolute Gasteiger partial charge is 0.415 e. The molecule has 0 fully saturated rings. The molecule has 2 aromatic carbocycles. The molecular formula is C14H9F3O. The lowest BCUT2D eigenvalue weighted by molar-refractivity contribution is -0.0960. The van der Waals surface area contributed by atoms with Crippen molar-refractivity contribution in [2.24, 2.45) is 0 Å². The van der Waals surface area contributed by atoms with Crippen LogP contribution < -0.4 is 4.74 Å². The first kappa shape index (κ1) is 11.1. The summed E-state index contributed by atoms with van der Waals surface area (Å²) >= 11 is 0. The van der Waals surface area contributed by atoms with Gasteiger partial charge in [-0.1, -0.05) is 30.3 Å². The van der Waals surface area contributed by atoms with E-state index >= 15 is 0 Å². The summed E-state index contributed by atoms with van der Waals surface area (Å²) in [5, 5.41) is 1.68. The summed E-state index contributed by atoms with van der Waals surface area (Å²) in [5.74, 6) is 0.502. The quantitative estimate of drug-likeness (QED) is 0.681. The highest BCUT2D eigenvalue weighted by molar-refractivity contribution is 5.94. The predicted octanol–water partition coefficient (Wildman–Crippen LogP) is 4.18. The number of benzene rings is 2. The van der Waals surface area contributed by atoms with Gasteiger partial charge >= 0.3 is 6.18 Å². The Labute approximate surface area is 101 Å². The van der Waals surface area contributed by atoms with E-state index in [1.165, 1.54) is 6.08 Å². The molecule has 2 aromatic rings. The number of rotatable bonds is 0. The molecular weight excluding hydrogens is 241 g/mol. The maximum Gasteiger partial charge on any atom is 0.415 e. The molecule has 0 amide bonds. The summed E-state index contributed by atoms with van der Waals surface area (Å²) in [6.45, 7) is -0.422. The van der Waals surface area contributed by atoms with E-state index in [4.69, 9.17) is 4.74 Å². The molecule has 4 heteroatoms. The fraction of sp³-hybridized carbons (Fsp3) is 0.143. The standard InChI is InChI=1S/C14H9F3O/c15-14(16,17)10-7-12-11-4-2-1-3-9(11)5-6-13(12)18-8-10/h1-7H,8H2. The Morgan fingerprint density at radius 2 is 1.78 bits per heavy atom. The van der Waals surface area contributed by atoms with Gasteiger partial charge in [0.2, 0.25) is 0 Å². The second-order valence-corrected chi connectivity index (χ2v) is 4.15. The molecule has 18 heavy (non-hydrogen) atoms. The van der Waals surface area contributed by atoms with Crippen molar-refractivity contribution in [3.8, 4) is 5.75 Å². The number of fused-ring (bicyclic) bond motifs is 3. The van der Waals surface area contributed by atoms with E-state index in [0.29, 0.717) is 11.3 Å². The Kier molecular flexibility index (Phi) is 2.33. The van der Waals surface area contributed by atoms with Gasteiger partial charge in [-0.15, -0.1) is 0 Å². The van der Waals surface area contributed by atoms with Crippen molar-refractivity contribution in [1.29, 1.82) is 0 Å². The molecule has 1 aliphatic heterocycles. The second-order valence-electron chi connectivity index (χ2n) is 4.15. The van der Waals surface area contributed by atoms with E-state index in [9.17, 15) is 13.2 Å². The fourth-order valence-corrected chi connectivity index (χ4v) is 2.09. The first-order valence-corrected chi connectivity index (χ1v) is 5.48. The average molecular weight is 250 g/mol. The van der Waals surface area contributed by atoms with Crippen molar-refractivity contribution < 1.29 is 17.9 Å². The molecule has 0 aliphatic carbocycles. The first-order chi connectivity index (χ1) is 8.55. The van der Waals surface area contributed by atoms with Gasteiger partial charge in [0.1, 0.15) is 12.4 Å². The Hall–Kier alpha value is -1.97. The minimum atomic E-state index is -4.34. The van der Waals surface area contributed by atoms with Gasteiger partial charge in [-0.3, -0.25) is 0 Å². The molecule has 0 saturated heterocycles. The van der Waals surface area contributed by atoms with Crippen LogP contribution in [0.5, 0.6) is 5.75 Å². The molecule has 0 spiro atoms. The van der Waals surface area contributed by atoms with E-state index < -0.39 is 18.4 Å². The molecule has 1 nitrogen and oxygen atoms in total. The summed E-state index contributed by atoms with van der Waals surface area (Å²) in [6, 6.07) is 10.9. The zero-order chi connectivity index (χ0) is 12.8. The molecule has 1 aliphatic rings. The zero-order valence-electron chi connectivity index (χ0n) is 9.29. The second kappa shape index (κ2) is 3.77. The summed E-state index contributed by atoms with van der Waals surface area (Å²) < 4.78 is 43.2. The maximum absolute atomic E-state index is 12.7. The minimum absolute atomic E-state index is 0.422. The van der Waals surface area contributed by atoms with Gasteiger partial charge in [0.15, 0.2) is 0 Å². The molecule has 0 aromatic heterocycles. The van der Waals surface area contributed by atoms with Crippen LogP contribution in [-0.4, -0.2) is 12.8 Å². The van der Waals surface area contributed by atoms with Crippen LogP contribution in [0, 0.1) is 0 Å². The van der Waals surface area contributed by atoms with E-state index in [1.54, 1.807) is 18.2 Å². The largest absolute Gasteiger partial charge is 0.488 e. The normalized spacial score (nSPS) is 14.9. The van der Waals surface area contributed by atoms with E-state index in [2.05, 4.69) is 0 Å². The van der Waals surface area contributed by atoms with Gasteiger partial charge < -0.3 is 4.74 Å². The zero-order valence-corrected chi connectivity index (χ0v) is 9.29. The molecule has 0 radical (unpaired) electrons. The Bertz CT molecular complexity index is 641. The van der Waals surface area contributed by atoms with E-state index in [1.807, 2.05) is 18.2 Å². The van der Waals surface area contributed by atoms with Crippen LogP contribution in [0.15, 0.2) is 42.0 Å². The average Bonchev–Trinajstić information content (AvgIpc) is 2.37. The SMILES string of the molecule is FC(F)(F)C1=Cc2c(ccc3ccccc23)OC1. The van der Waals surface area contributed by atoms with Gasteiger partial charge in [-0.05, 0) is 22.9 Å². The fourth-order valence-electron chi connectivity index (χ4n) is 2.09. The molecule has 92 valence electrons. The number of hydrogen-bond donors (Lipinski definition) is 0. The van der Waals surface area contributed by atoms with Crippen molar-refractivity contribution in [1.82, 2.24) is 0 Å². The minimum Gasteiger partial charge on any atom is -0.488 e. The molecule has 0 unspecified atom stereocenters. The highest BCUT2D eigenvalue weighted by Crippen LogP contribution is 2.37. The molecule has 3 rings (SSSR count). The van der Waals surface area contributed by atoms with Crippen molar-refractivity contribution in [3.05, 3.63) is 47.5 Å². The van der Waals surface area contributed by atoms with Gasteiger partial charge in [0.05, 0.1) is 5.57 Å². The van der Waals surface area contributed by atoms with Crippen LogP contribution in [0.3, 0.4) is 0 Å².